The fraction of sp³-hybridized carbons (Fsp3) is 0.812. The molecule has 0 aromatic carbocycles. The highest BCUT2D eigenvalue weighted by molar-refractivity contribution is 7.87. The van der Waals surface area contributed by atoms with Crippen molar-refractivity contribution in [3.63, 3.8) is 0 Å². The van der Waals surface area contributed by atoms with E-state index in [1.54, 1.807) is 0 Å². The molecule has 0 spiro atoms. The van der Waals surface area contributed by atoms with Crippen LogP contribution in [0.2, 0.25) is 0 Å². The zero-order valence-electron chi connectivity index (χ0n) is 15.4. The fourth-order valence-electron chi connectivity index (χ4n) is 3.69. The topological polar surface area (TPSA) is 109 Å². The number of amides is 1. The predicted molar refractivity (Wildman–Crippen MR) is 96.8 cm³/mol. The lowest BCUT2D eigenvalue weighted by molar-refractivity contribution is 0.0903. The summed E-state index contributed by atoms with van der Waals surface area (Å²) in [6.45, 7) is 1.19. The van der Waals surface area contributed by atoms with Crippen LogP contribution in [-0.2, 0) is 23.2 Å². The van der Waals surface area contributed by atoms with E-state index >= 15 is 0 Å². The first-order valence-electron chi connectivity index (χ1n) is 9.27. The molecule has 2 heterocycles. The number of hydrogen-bond donors (Lipinski definition) is 2. The molecule has 3 rings (SSSR count). The van der Waals surface area contributed by atoms with Gasteiger partial charge in [-0.2, -0.15) is 12.7 Å². The van der Waals surface area contributed by atoms with Crippen LogP contribution in [0.4, 0.5) is 0 Å². The summed E-state index contributed by atoms with van der Waals surface area (Å²) in [7, 11) is -0.399. The van der Waals surface area contributed by atoms with E-state index in [2.05, 4.69) is 20.2 Å². The summed E-state index contributed by atoms with van der Waals surface area (Å²) in [4.78, 5) is 12.6. The molecule has 10 heteroatoms. The van der Waals surface area contributed by atoms with Gasteiger partial charge in [0, 0.05) is 39.6 Å². The Morgan fingerprint density at radius 3 is 2.81 bits per heavy atom. The van der Waals surface area contributed by atoms with Gasteiger partial charge in [-0.3, -0.25) is 4.79 Å². The lowest BCUT2D eigenvalue weighted by Gasteiger charge is -2.30. The Labute approximate surface area is 154 Å². The average molecular weight is 385 g/mol. The van der Waals surface area contributed by atoms with Crippen LogP contribution in [-0.4, -0.2) is 60.1 Å². The second-order valence-corrected chi connectivity index (χ2v) is 9.36. The van der Waals surface area contributed by atoms with E-state index < -0.39 is 10.2 Å². The highest BCUT2D eigenvalue weighted by Crippen LogP contribution is 2.24. The first-order valence-corrected chi connectivity index (χ1v) is 10.7. The Balaban J connectivity index is 1.55. The van der Waals surface area contributed by atoms with Gasteiger partial charge in [0.05, 0.1) is 0 Å². The molecule has 1 fully saturated rings. The second kappa shape index (κ2) is 8.01. The Hall–Kier alpha value is -1.52. The number of nitrogens with one attached hydrogen (secondary N) is 2. The van der Waals surface area contributed by atoms with Crippen LogP contribution in [0.15, 0.2) is 0 Å². The molecule has 1 aromatic heterocycles. The zero-order chi connectivity index (χ0) is 18.7. The molecule has 9 nitrogen and oxygen atoms in total. The molecule has 2 aliphatic rings. The number of rotatable bonds is 6. The summed E-state index contributed by atoms with van der Waals surface area (Å²) in [5.74, 6) is 1.33. The first-order chi connectivity index (χ1) is 12.4. The third-order valence-electron chi connectivity index (χ3n) is 5.22. The quantitative estimate of drug-likeness (QED) is 0.733. The van der Waals surface area contributed by atoms with Gasteiger partial charge in [-0.15, -0.1) is 10.2 Å². The maximum Gasteiger partial charge on any atom is 0.289 e. The van der Waals surface area contributed by atoms with Crippen molar-refractivity contribution in [1.29, 1.82) is 0 Å². The van der Waals surface area contributed by atoms with E-state index in [0.717, 1.165) is 57.3 Å². The smallest absolute Gasteiger partial charge is 0.289 e. The van der Waals surface area contributed by atoms with Crippen LogP contribution in [0.1, 0.15) is 55.0 Å². The molecule has 2 N–H and O–H groups in total. The van der Waals surface area contributed by atoms with E-state index in [1.807, 2.05) is 4.57 Å². The fourth-order valence-corrected chi connectivity index (χ4v) is 4.39. The summed E-state index contributed by atoms with van der Waals surface area (Å²) < 4.78 is 29.4. The Kier molecular flexibility index (Phi) is 5.93. The van der Waals surface area contributed by atoms with Gasteiger partial charge in [-0.25, -0.2) is 4.72 Å². The van der Waals surface area contributed by atoms with Gasteiger partial charge in [0.15, 0.2) is 0 Å². The molecule has 0 bridgehead atoms. The van der Waals surface area contributed by atoms with Crippen LogP contribution in [0.3, 0.4) is 0 Å². The maximum atomic E-state index is 12.6. The SMILES string of the molecule is CN(C)S(=O)(=O)NC[C@@H]1CCC[C@H](NC(=O)c2nnc3n2CCCC3)C1. The van der Waals surface area contributed by atoms with Crippen molar-refractivity contribution in [2.24, 2.45) is 5.92 Å². The van der Waals surface area contributed by atoms with Crippen molar-refractivity contribution < 1.29 is 13.2 Å². The summed E-state index contributed by atoms with van der Waals surface area (Å²) in [6, 6.07) is 0.0432. The third-order valence-corrected chi connectivity index (χ3v) is 6.71. The van der Waals surface area contributed by atoms with Crippen molar-refractivity contribution >= 4 is 16.1 Å². The Morgan fingerprint density at radius 2 is 2.04 bits per heavy atom. The molecule has 2 atom stereocenters. The minimum absolute atomic E-state index is 0.0432. The number of fused-ring (bicyclic) bond motifs is 1. The Morgan fingerprint density at radius 1 is 1.23 bits per heavy atom. The Bertz CT molecular complexity index is 745. The zero-order valence-corrected chi connectivity index (χ0v) is 16.3. The molecular weight excluding hydrogens is 356 g/mol. The summed E-state index contributed by atoms with van der Waals surface area (Å²) in [6.07, 6.45) is 6.61. The van der Waals surface area contributed by atoms with Crippen molar-refractivity contribution in [2.45, 2.75) is 57.5 Å². The van der Waals surface area contributed by atoms with Gasteiger partial charge in [0.1, 0.15) is 5.82 Å². The second-order valence-electron chi connectivity index (χ2n) is 7.39. The van der Waals surface area contributed by atoms with Gasteiger partial charge in [0.2, 0.25) is 5.82 Å². The van der Waals surface area contributed by atoms with Crippen LogP contribution in [0.25, 0.3) is 0 Å². The maximum absolute atomic E-state index is 12.6. The number of hydrogen-bond acceptors (Lipinski definition) is 5. The van der Waals surface area contributed by atoms with Gasteiger partial charge in [-0.05, 0) is 38.0 Å². The highest BCUT2D eigenvalue weighted by atomic mass is 32.2. The van der Waals surface area contributed by atoms with Crippen molar-refractivity contribution in [3.8, 4) is 0 Å². The van der Waals surface area contributed by atoms with E-state index in [0.29, 0.717) is 12.4 Å². The van der Waals surface area contributed by atoms with E-state index in [1.165, 1.54) is 18.4 Å². The minimum atomic E-state index is -3.41. The largest absolute Gasteiger partial charge is 0.347 e. The first kappa shape index (κ1) is 19.2. The predicted octanol–water partition coefficient (Wildman–Crippen LogP) is 0.299. The van der Waals surface area contributed by atoms with Gasteiger partial charge >= 0.3 is 0 Å². The molecule has 0 radical (unpaired) electrons. The van der Waals surface area contributed by atoms with Crippen LogP contribution >= 0.6 is 0 Å². The number of carbonyl (C=O) groups excluding carboxylic acids is 1. The summed E-state index contributed by atoms with van der Waals surface area (Å²) in [5.41, 5.74) is 0. The number of nitrogens with zero attached hydrogens (tertiary/aromatic N) is 4. The van der Waals surface area contributed by atoms with E-state index in [4.69, 9.17) is 0 Å². The molecule has 146 valence electrons. The van der Waals surface area contributed by atoms with Crippen LogP contribution < -0.4 is 10.0 Å². The summed E-state index contributed by atoms with van der Waals surface area (Å²) >= 11 is 0. The normalized spacial score (nSPS) is 23.7. The van der Waals surface area contributed by atoms with Gasteiger partial charge in [-0.1, -0.05) is 6.42 Å². The summed E-state index contributed by atoms with van der Waals surface area (Å²) in [5, 5.41) is 11.3. The van der Waals surface area contributed by atoms with E-state index in [-0.39, 0.29) is 17.9 Å². The lowest BCUT2D eigenvalue weighted by atomic mass is 9.86. The van der Waals surface area contributed by atoms with E-state index in [9.17, 15) is 13.2 Å². The molecular formula is C16H28N6O3S. The van der Waals surface area contributed by atoms with Gasteiger partial charge in [0.25, 0.3) is 16.1 Å². The molecule has 1 aliphatic carbocycles. The molecule has 1 saturated carbocycles. The van der Waals surface area contributed by atoms with Crippen LogP contribution in [0, 0.1) is 5.92 Å². The molecule has 1 aromatic rings. The molecule has 1 aliphatic heterocycles. The highest BCUT2D eigenvalue weighted by Gasteiger charge is 2.27. The standard InChI is InChI=1S/C16H28N6O3S/c1-21(2)26(24,25)17-11-12-6-5-7-13(10-12)18-16(23)15-20-19-14-8-3-4-9-22(14)15/h12-13,17H,3-11H2,1-2H3,(H,18,23)/t12-,13+/m1/s1. The molecule has 1 amide bonds. The average Bonchev–Trinajstić information content (AvgIpc) is 3.04. The van der Waals surface area contributed by atoms with Gasteiger partial charge < -0.3 is 9.88 Å². The van der Waals surface area contributed by atoms with Crippen molar-refractivity contribution in [2.75, 3.05) is 20.6 Å². The van der Waals surface area contributed by atoms with Crippen molar-refractivity contribution in [1.82, 2.24) is 29.1 Å². The minimum Gasteiger partial charge on any atom is -0.347 e. The molecule has 0 saturated heterocycles. The van der Waals surface area contributed by atoms with Crippen LogP contribution in [0.5, 0.6) is 0 Å². The number of aromatic nitrogens is 3. The number of carbonyl (C=O) groups is 1. The monoisotopic (exact) mass is 384 g/mol. The lowest BCUT2D eigenvalue weighted by Crippen LogP contribution is -2.43. The van der Waals surface area contributed by atoms with Crippen molar-refractivity contribution in [3.05, 3.63) is 11.6 Å². The number of aryl methyl sites for hydroxylation is 1. The molecule has 26 heavy (non-hydrogen) atoms. The molecule has 0 unspecified atom stereocenters. The third kappa shape index (κ3) is 4.41.